The summed E-state index contributed by atoms with van der Waals surface area (Å²) >= 11 is 5.29. The SMILES string of the molecule is Cl.N[C@@H]1CCCN(Cc2cc(Br)cs2)C1. The fourth-order valence-electron chi connectivity index (χ4n) is 1.89. The lowest BCUT2D eigenvalue weighted by molar-refractivity contribution is 0.203. The second kappa shape index (κ2) is 6.21. The standard InChI is InChI=1S/C10H15BrN2S.ClH/c11-8-4-10(14-7-8)6-13-3-1-2-9(12)5-13;/h4,7,9H,1-3,5-6,12H2;1H/t9-;/m1./s1. The molecule has 1 aliphatic heterocycles. The first-order chi connectivity index (χ1) is 6.74. The van der Waals surface area contributed by atoms with Gasteiger partial charge in [-0.25, -0.2) is 0 Å². The van der Waals surface area contributed by atoms with Gasteiger partial charge < -0.3 is 5.73 Å². The Morgan fingerprint density at radius 2 is 2.40 bits per heavy atom. The lowest BCUT2D eigenvalue weighted by atomic mass is 10.1. The van der Waals surface area contributed by atoms with Gasteiger partial charge in [-0.15, -0.1) is 23.7 Å². The van der Waals surface area contributed by atoms with Gasteiger partial charge in [-0.2, -0.15) is 0 Å². The maximum Gasteiger partial charge on any atom is 0.0328 e. The Morgan fingerprint density at radius 1 is 1.60 bits per heavy atom. The number of hydrogen-bond donors (Lipinski definition) is 1. The summed E-state index contributed by atoms with van der Waals surface area (Å²) in [4.78, 5) is 3.87. The van der Waals surface area contributed by atoms with E-state index in [1.54, 1.807) is 0 Å². The summed E-state index contributed by atoms with van der Waals surface area (Å²) in [5, 5.41) is 2.14. The Morgan fingerprint density at radius 3 is 3.00 bits per heavy atom. The molecule has 0 bridgehead atoms. The molecule has 15 heavy (non-hydrogen) atoms. The molecule has 1 saturated heterocycles. The molecule has 86 valence electrons. The smallest absolute Gasteiger partial charge is 0.0328 e. The minimum atomic E-state index is 0. The number of piperidine rings is 1. The molecule has 0 aliphatic carbocycles. The van der Waals surface area contributed by atoms with Gasteiger partial charge in [0.15, 0.2) is 0 Å². The quantitative estimate of drug-likeness (QED) is 0.910. The molecule has 1 atom stereocenters. The number of rotatable bonds is 2. The Hall–Kier alpha value is 0.390. The van der Waals surface area contributed by atoms with Crippen molar-refractivity contribution in [2.24, 2.45) is 5.73 Å². The van der Waals surface area contributed by atoms with Crippen LogP contribution in [0.1, 0.15) is 17.7 Å². The van der Waals surface area contributed by atoms with E-state index in [1.165, 1.54) is 28.7 Å². The summed E-state index contributed by atoms with van der Waals surface area (Å²) < 4.78 is 1.19. The van der Waals surface area contributed by atoms with Crippen molar-refractivity contribution in [2.45, 2.75) is 25.4 Å². The highest BCUT2D eigenvalue weighted by Crippen LogP contribution is 2.22. The summed E-state index contributed by atoms with van der Waals surface area (Å²) in [5.74, 6) is 0. The van der Waals surface area contributed by atoms with Gasteiger partial charge in [-0.3, -0.25) is 4.90 Å². The number of nitrogens with zero attached hydrogens (tertiary/aromatic N) is 1. The molecule has 0 amide bonds. The van der Waals surface area contributed by atoms with Crippen molar-refractivity contribution >= 4 is 39.7 Å². The van der Waals surface area contributed by atoms with Gasteiger partial charge in [-0.1, -0.05) is 0 Å². The largest absolute Gasteiger partial charge is 0.327 e. The normalized spacial score (nSPS) is 22.4. The topological polar surface area (TPSA) is 29.3 Å². The molecule has 1 fully saturated rings. The molecule has 0 radical (unpaired) electrons. The lowest BCUT2D eigenvalue weighted by Gasteiger charge is -2.30. The molecule has 1 aromatic rings. The van der Waals surface area contributed by atoms with E-state index in [0.29, 0.717) is 6.04 Å². The molecule has 0 unspecified atom stereocenters. The Balaban J connectivity index is 0.00000112. The zero-order valence-corrected chi connectivity index (χ0v) is 11.7. The highest BCUT2D eigenvalue weighted by atomic mass is 79.9. The molecule has 2 N–H and O–H groups in total. The van der Waals surface area contributed by atoms with E-state index in [4.69, 9.17) is 5.73 Å². The first-order valence-electron chi connectivity index (χ1n) is 4.95. The summed E-state index contributed by atoms with van der Waals surface area (Å²) in [5.41, 5.74) is 5.94. The molecule has 2 rings (SSSR count). The van der Waals surface area contributed by atoms with Crippen molar-refractivity contribution in [1.29, 1.82) is 0 Å². The van der Waals surface area contributed by atoms with E-state index in [0.717, 1.165) is 13.1 Å². The fraction of sp³-hybridized carbons (Fsp3) is 0.600. The molecule has 0 aromatic carbocycles. The molecular weight excluding hydrogens is 296 g/mol. The van der Waals surface area contributed by atoms with Crippen molar-refractivity contribution in [1.82, 2.24) is 4.90 Å². The highest BCUT2D eigenvalue weighted by Gasteiger charge is 2.16. The van der Waals surface area contributed by atoms with Crippen LogP contribution >= 0.6 is 39.7 Å². The molecule has 0 saturated carbocycles. The van der Waals surface area contributed by atoms with E-state index < -0.39 is 0 Å². The van der Waals surface area contributed by atoms with Gasteiger partial charge in [0, 0.05) is 33.9 Å². The summed E-state index contributed by atoms with van der Waals surface area (Å²) in [7, 11) is 0. The van der Waals surface area contributed by atoms with Crippen molar-refractivity contribution in [3.8, 4) is 0 Å². The second-order valence-corrected chi connectivity index (χ2v) is 5.78. The van der Waals surface area contributed by atoms with E-state index in [9.17, 15) is 0 Å². The van der Waals surface area contributed by atoms with Gasteiger partial charge >= 0.3 is 0 Å². The third-order valence-electron chi connectivity index (χ3n) is 2.54. The number of halogens is 2. The van der Waals surface area contributed by atoms with E-state index in [1.807, 2.05) is 11.3 Å². The molecule has 2 nitrogen and oxygen atoms in total. The predicted molar refractivity (Wildman–Crippen MR) is 71.8 cm³/mol. The second-order valence-electron chi connectivity index (χ2n) is 3.87. The van der Waals surface area contributed by atoms with Crippen LogP contribution in [-0.4, -0.2) is 24.0 Å². The monoisotopic (exact) mass is 310 g/mol. The molecule has 2 heterocycles. The molecule has 1 aliphatic rings. The average Bonchev–Trinajstić information content (AvgIpc) is 2.51. The summed E-state index contributed by atoms with van der Waals surface area (Å²) in [6.45, 7) is 3.31. The van der Waals surface area contributed by atoms with Gasteiger partial charge in [0.05, 0.1) is 0 Å². The zero-order valence-electron chi connectivity index (χ0n) is 8.49. The van der Waals surface area contributed by atoms with Crippen LogP contribution in [0.15, 0.2) is 15.9 Å². The Bertz CT molecular complexity index is 305. The van der Waals surface area contributed by atoms with Gasteiger partial charge in [0.25, 0.3) is 0 Å². The number of hydrogen-bond acceptors (Lipinski definition) is 3. The highest BCUT2D eigenvalue weighted by molar-refractivity contribution is 9.10. The van der Waals surface area contributed by atoms with Crippen molar-refractivity contribution in [2.75, 3.05) is 13.1 Å². The van der Waals surface area contributed by atoms with Gasteiger partial charge in [0.1, 0.15) is 0 Å². The van der Waals surface area contributed by atoms with Crippen LogP contribution in [0, 0.1) is 0 Å². The maximum atomic E-state index is 5.94. The molecule has 5 heteroatoms. The van der Waals surface area contributed by atoms with Crippen molar-refractivity contribution in [3.05, 3.63) is 20.8 Å². The van der Waals surface area contributed by atoms with Crippen LogP contribution in [0.3, 0.4) is 0 Å². The van der Waals surface area contributed by atoms with Crippen LogP contribution in [0.25, 0.3) is 0 Å². The van der Waals surface area contributed by atoms with Gasteiger partial charge in [-0.05, 0) is 41.4 Å². The third kappa shape index (κ3) is 4.04. The first-order valence-corrected chi connectivity index (χ1v) is 6.62. The predicted octanol–water partition coefficient (Wildman–Crippen LogP) is 2.86. The van der Waals surface area contributed by atoms with E-state index >= 15 is 0 Å². The van der Waals surface area contributed by atoms with E-state index in [2.05, 4.69) is 32.3 Å². The first kappa shape index (κ1) is 13.5. The van der Waals surface area contributed by atoms with Crippen LogP contribution in [0.4, 0.5) is 0 Å². The molecular formula is C10H16BrClN2S. The van der Waals surface area contributed by atoms with E-state index in [-0.39, 0.29) is 12.4 Å². The van der Waals surface area contributed by atoms with Crippen LogP contribution in [0.2, 0.25) is 0 Å². The summed E-state index contributed by atoms with van der Waals surface area (Å²) in [6.07, 6.45) is 2.43. The maximum absolute atomic E-state index is 5.94. The zero-order chi connectivity index (χ0) is 9.97. The van der Waals surface area contributed by atoms with Crippen LogP contribution in [-0.2, 0) is 6.54 Å². The van der Waals surface area contributed by atoms with Gasteiger partial charge in [0.2, 0.25) is 0 Å². The Kier molecular flexibility index (Phi) is 5.57. The number of likely N-dealkylation sites (tertiary alicyclic amines) is 1. The van der Waals surface area contributed by atoms with Crippen LogP contribution in [0.5, 0.6) is 0 Å². The minimum absolute atomic E-state index is 0. The third-order valence-corrected chi connectivity index (χ3v) is 4.23. The molecule has 1 aromatic heterocycles. The Labute approximate surface area is 109 Å². The summed E-state index contributed by atoms with van der Waals surface area (Å²) in [6, 6.07) is 2.58. The molecule has 0 spiro atoms. The fourth-order valence-corrected chi connectivity index (χ4v) is 3.38. The van der Waals surface area contributed by atoms with Crippen molar-refractivity contribution < 1.29 is 0 Å². The number of nitrogens with two attached hydrogens (primary N) is 1. The average molecular weight is 312 g/mol. The van der Waals surface area contributed by atoms with Crippen molar-refractivity contribution in [3.63, 3.8) is 0 Å². The number of thiophene rings is 1. The lowest BCUT2D eigenvalue weighted by Crippen LogP contribution is -2.42. The minimum Gasteiger partial charge on any atom is -0.327 e. The van der Waals surface area contributed by atoms with Crippen LogP contribution < -0.4 is 5.73 Å².